The van der Waals surface area contributed by atoms with Crippen molar-refractivity contribution < 1.29 is 0 Å². The lowest BCUT2D eigenvalue weighted by atomic mass is 9.94. The van der Waals surface area contributed by atoms with Crippen LogP contribution in [0.25, 0.3) is 0 Å². The van der Waals surface area contributed by atoms with Crippen molar-refractivity contribution in [1.29, 1.82) is 0 Å². The standard InChI is InChI=1S/C17H28N2/c1-5-19(13(2)3)16-12-8-10-14-9-6-7-11-15(14)17(16)18-4/h6-7,9,11,13,16-18H,5,8,10,12H2,1-4H3. The normalized spacial score (nSPS) is 23.5. The van der Waals surface area contributed by atoms with Gasteiger partial charge in [-0.25, -0.2) is 0 Å². The third-order valence-electron chi connectivity index (χ3n) is 4.49. The molecule has 0 saturated heterocycles. The van der Waals surface area contributed by atoms with E-state index in [0.29, 0.717) is 18.1 Å². The Kier molecular flexibility index (Phi) is 5.00. The fourth-order valence-corrected chi connectivity index (χ4v) is 3.63. The first kappa shape index (κ1) is 14.5. The van der Waals surface area contributed by atoms with Gasteiger partial charge in [0.05, 0.1) is 0 Å². The predicted molar refractivity (Wildman–Crippen MR) is 82.5 cm³/mol. The SMILES string of the molecule is CCN(C(C)C)C1CCCc2ccccc2C1NC. The summed E-state index contributed by atoms with van der Waals surface area (Å²) in [6.07, 6.45) is 3.80. The third kappa shape index (κ3) is 3.01. The maximum atomic E-state index is 3.58. The molecule has 1 N–H and O–H groups in total. The first-order valence-corrected chi connectivity index (χ1v) is 7.69. The van der Waals surface area contributed by atoms with Gasteiger partial charge in [-0.1, -0.05) is 31.2 Å². The summed E-state index contributed by atoms with van der Waals surface area (Å²) in [7, 11) is 2.11. The van der Waals surface area contributed by atoms with Crippen molar-refractivity contribution in [2.75, 3.05) is 13.6 Å². The van der Waals surface area contributed by atoms with E-state index in [9.17, 15) is 0 Å². The number of rotatable bonds is 4. The minimum absolute atomic E-state index is 0.459. The molecule has 2 rings (SSSR count). The Morgan fingerprint density at radius 2 is 2.05 bits per heavy atom. The summed E-state index contributed by atoms with van der Waals surface area (Å²) in [6.45, 7) is 8.03. The van der Waals surface area contributed by atoms with Crippen molar-refractivity contribution in [1.82, 2.24) is 10.2 Å². The molecule has 1 aromatic rings. The Morgan fingerprint density at radius 1 is 1.32 bits per heavy atom. The lowest BCUT2D eigenvalue weighted by Gasteiger charge is -2.38. The maximum Gasteiger partial charge on any atom is 0.0478 e. The summed E-state index contributed by atoms with van der Waals surface area (Å²) in [5, 5.41) is 3.58. The van der Waals surface area contributed by atoms with E-state index in [1.54, 1.807) is 0 Å². The van der Waals surface area contributed by atoms with E-state index in [1.165, 1.54) is 30.4 Å². The first-order chi connectivity index (χ1) is 9.19. The number of nitrogens with one attached hydrogen (secondary N) is 1. The van der Waals surface area contributed by atoms with Gasteiger partial charge in [0, 0.05) is 18.1 Å². The van der Waals surface area contributed by atoms with Crippen LogP contribution in [0.3, 0.4) is 0 Å². The van der Waals surface area contributed by atoms with E-state index in [0.717, 1.165) is 6.54 Å². The van der Waals surface area contributed by atoms with Gasteiger partial charge in [0.2, 0.25) is 0 Å². The number of likely N-dealkylation sites (N-methyl/N-ethyl adjacent to an activating group) is 2. The molecule has 19 heavy (non-hydrogen) atoms. The zero-order chi connectivity index (χ0) is 13.8. The number of hydrogen-bond acceptors (Lipinski definition) is 2. The van der Waals surface area contributed by atoms with E-state index in [1.807, 2.05) is 0 Å². The monoisotopic (exact) mass is 260 g/mol. The molecule has 1 aromatic carbocycles. The molecule has 0 heterocycles. The van der Waals surface area contributed by atoms with E-state index in [-0.39, 0.29) is 0 Å². The zero-order valence-corrected chi connectivity index (χ0v) is 12.8. The Balaban J connectivity index is 2.35. The molecule has 0 aromatic heterocycles. The van der Waals surface area contributed by atoms with Crippen molar-refractivity contribution in [2.24, 2.45) is 0 Å². The van der Waals surface area contributed by atoms with Gasteiger partial charge in [0.25, 0.3) is 0 Å². The molecule has 0 bridgehead atoms. The van der Waals surface area contributed by atoms with Crippen LogP contribution in [0.15, 0.2) is 24.3 Å². The largest absolute Gasteiger partial charge is 0.312 e. The van der Waals surface area contributed by atoms with Gasteiger partial charge in [-0.05, 0) is 57.8 Å². The number of benzene rings is 1. The van der Waals surface area contributed by atoms with Crippen molar-refractivity contribution in [2.45, 2.75) is 58.2 Å². The van der Waals surface area contributed by atoms with Gasteiger partial charge in [-0.2, -0.15) is 0 Å². The average Bonchev–Trinajstić information content (AvgIpc) is 2.58. The molecular weight excluding hydrogens is 232 g/mol. The molecule has 2 nitrogen and oxygen atoms in total. The van der Waals surface area contributed by atoms with Gasteiger partial charge in [0.15, 0.2) is 0 Å². The van der Waals surface area contributed by atoms with Gasteiger partial charge >= 0.3 is 0 Å². The van der Waals surface area contributed by atoms with Crippen molar-refractivity contribution in [3.05, 3.63) is 35.4 Å². The third-order valence-corrected chi connectivity index (χ3v) is 4.49. The quantitative estimate of drug-likeness (QED) is 0.835. The Bertz CT molecular complexity index is 400. The second-order valence-electron chi connectivity index (χ2n) is 5.85. The zero-order valence-electron chi connectivity index (χ0n) is 12.8. The van der Waals surface area contributed by atoms with Crippen LogP contribution in [0.2, 0.25) is 0 Å². The summed E-state index contributed by atoms with van der Waals surface area (Å²) >= 11 is 0. The molecule has 2 unspecified atom stereocenters. The second-order valence-corrected chi connectivity index (χ2v) is 5.85. The lowest BCUT2D eigenvalue weighted by molar-refractivity contribution is 0.123. The highest BCUT2D eigenvalue weighted by Crippen LogP contribution is 2.32. The van der Waals surface area contributed by atoms with E-state index >= 15 is 0 Å². The second kappa shape index (κ2) is 6.53. The molecule has 2 atom stereocenters. The number of fused-ring (bicyclic) bond motifs is 1. The first-order valence-electron chi connectivity index (χ1n) is 7.69. The van der Waals surface area contributed by atoms with E-state index < -0.39 is 0 Å². The Labute approximate surface area is 118 Å². The maximum absolute atomic E-state index is 3.58. The summed E-state index contributed by atoms with van der Waals surface area (Å²) in [4.78, 5) is 2.64. The van der Waals surface area contributed by atoms with Crippen molar-refractivity contribution in [3.8, 4) is 0 Å². The van der Waals surface area contributed by atoms with Crippen LogP contribution < -0.4 is 5.32 Å². The molecule has 0 spiro atoms. The van der Waals surface area contributed by atoms with E-state index in [2.05, 4.69) is 62.3 Å². The van der Waals surface area contributed by atoms with Crippen LogP contribution in [-0.2, 0) is 6.42 Å². The Hall–Kier alpha value is -0.860. The minimum atomic E-state index is 0.459. The van der Waals surface area contributed by atoms with Crippen molar-refractivity contribution >= 4 is 0 Å². The highest BCUT2D eigenvalue weighted by Gasteiger charge is 2.31. The molecule has 1 aliphatic carbocycles. The predicted octanol–water partition coefficient (Wildman–Crippen LogP) is 3.38. The highest BCUT2D eigenvalue weighted by molar-refractivity contribution is 5.32. The fourth-order valence-electron chi connectivity index (χ4n) is 3.63. The number of hydrogen-bond donors (Lipinski definition) is 1. The topological polar surface area (TPSA) is 15.3 Å². The smallest absolute Gasteiger partial charge is 0.0478 e. The van der Waals surface area contributed by atoms with Crippen LogP contribution in [0, 0.1) is 0 Å². The molecule has 0 amide bonds. The van der Waals surface area contributed by atoms with Crippen LogP contribution in [0.1, 0.15) is 50.8 Å². The highest BCUT2D eigenvalue weighted by atomic mass is 15.2. The molecule has 106 valence electrons. The summed E-state index contributed by atoms with van der Waals surface area (Å²) < 4.78 is 0. The van der Waals surface area contributed by atoms with Crippen LogP contribution >= 0.6 is 0 Å². The fraction of sp³-hybridized carbons (Fsp3) is 0.647. The number of aryl methyl sites for hydroxylation is 1. The van der Waals surface area contributed by atoms with Crippen molar-refractivity contribution in [3.63, 3.8) is 0 Å². The van der Waals surface area contributed by atoms with Crippen LogP contribution in [-0.4, -0.2) is 30.6 Å². The van der Waals surface area contributed by atoms with Crippen LogP contribution in [0.4, 0.5) is 0 Å². The summed E-state index contributed by atoms with van der Waals surface area (Å²) in [5.74, 6) is 0. The molecule has 0 saturated carbocycles. The van der Waals surface area contributed by atoms with Crippen LogP contribution in [0.5, 0.6) is 0 Å². The Morgan fingerprint density at radius 3 is 2.68 bits per heavy atom. The molecule has 2 heteroatoms. The van der Waals surface area contributed by atoms with Gasteiger partial charge in [0.1, 0.15) is 0 Å². The van der Waals surface area contributed by atoms with Gasteiger partial charge in [-0.15, -0.1) is 0 Å². The lowest BCUT2D eigenvalue weighted by Crippen LogP contribution is -2.46. The average molecular weight is 260 g/mol. The molecular formula is C17H28N2. The van der Waals surface area contributed by atoms with Gasteiger partial charge in [-0.3, -0.25) is 4.90 Å². The molecule has 1 aliphatic rings. The number of nitrogens with zero attached hydrogens (tertiary/aromatic N) is 1. The van der Waals surface area contributed by atoms with Gasteiger partial charge < -0.3 is 5.32 Å². The molecule has 0 radical (unpaired) electrons. The minimum Gasteiger partial charge on any atom is -0.312 e. The summed E-state index contributed by atoms with van der Waals surface area (Å²) in [6, 6.07) is 10.6. The molecule has 0 fully saturated rings. The summed E-state index contributed by atoms with van der Waals surface area (Å²) in [5.41, 5.74) is 3.04. The molecule has 0 aliphatic heterocycles. The van der Waals surface area contributed by atoms with E-state index in [4.69, 9.17) is 0 Å².